The van der Waals surface area contributed by atoms with Crippen LogP contribution in [0.3, 0.4) is 0 Å². The highest BCUT2D eigenvalue weighted by Crippen LogP contribution is 2.21. The minimum Gasteiger partial charge on any atom is -0.351 e. The Bertz CT molecular complexity index is 334. The third-order valence-electron chi connectivity index (χ3n) is 2.13. The number of benzene rings is 1. The van der Waals surface area contributed by atoms with Crippen LogP contribution in [0.25, 0.3) is 0 Å². The summed E-state index contributed by atoms with van der Waals surface area (Å²) >= 11 is 0. The van der Waals surface area contributed by atoms with Gasteiger partial charge in [-0.1, -0.05) is 18.2 Å². The fourth-order valence-corrected chi connectivity index (χ4v) is 1.49. The van der Waals surface area contributed by atoms with E-state index in [0.717, 1.165) is 11.3 Å². The van der Waals surface area contributed by atoms with E-state index in [1.807, 2.05) is 45.0 Å². The molecule has 0 aromatic heterocycles. The van der Waals surface area contributed by atoms with E-state index < -0.39 is 6.03 Å². The molecule has 0 bridgehead atoms. The minimum absolute atomic E-state index is 0.0774. The molecule has 0 spiro atoms. The first kappa shape index (κ1) is 10.6. The average Bonchev–Trinajstić information content (AvgIpc) is 2.07. The molecule has 3 nitrogen and oxygen atoms in total. The van der Waals surface area contributed by atoms with Crippen LogP contribution in [0, 0.1) is 6.92 Å². The number of amides is 2. The molecule has 0 saturated carbocycles. The second-order valence-electron chi connectivity index (χ2n) is 3.59. The van der Waals surface area contributed by atoms with Gasteiger partial charge in [-0.05, 0) is 32.4 Å². The number of hydrogen-bond donors (Lipinski definition) is 1. The Morgan fingerprint density at radius 3 is 2.36 bits per heavy atom. The summed E-state index contributed by atoms with van der Waals surface area (Å²) in [5.41, 5.74) is 7.27. The number of hydrogen-bond acceptors (Lipinski definition) is 1. The summed E-state index contributed by atoms with van der Waals surface area (Å²) in [6.07, 6.45) is 0. The Morgan fingerprint density at radius 2 is 1.93 bits per heavy atom. The van der Waals surface area contributed by atoms with Gasteiger partial charge in [0.25, 0.3) is 0 Å². The number of aryl methyl sites for hydroxylation is 1. The number of urea groups is 1. The van der Waals surface area contributed by atoms with Gasteiger partial charge in [-0.15, -0.1) is 0 Å². The summed E-state index contributed by atoms with van der Waals surface area (Å²) in [6.45, 7) is 5.85. The first-order chi connectivity index (χ1) is 6.54. The lowest BCUT2D eigenvalue weighted by Crippen LogP contribution is -2.41. The van der Waals surface area contributed by atoms with Gasteiger partial charge in [0.1, 0.15) is 0 Å². The van der Waals surface area contributed by atoms with Crippen LogP contribution in [0.5, 0.6) is 0 Å². The zero-order valence-electron chi connectivity index (χ0n) is 8.82. The standard InChI is InChI=1S/C11H16N2O/c1-8(2)13(11(12)14)10-7-5-4-6-9(10)3/h4-8H,1-3H3,(H2,12,14). The molecule has 1 rings (SSSR count). The summed E-state index contributed by atoms with van der Waals surface area (Å²) < 4.78 is 0. The third-order valence-corrected chi connectivity index (χ3v) is 2.13. The van der Waals surface area contributed by atoms with Crippen LogP contribution in [-0.4, -0.2) is 12.1 Å². The molecule has 14 heavy (non-hydrogen) atoms. The van der Waals surface area contributed by atoms with Crippen LogP contribution in [0.4, 0.5) is 10.5 Å². The molecule has 3 heteroatoms. The molecule has 0 unspecified atom stereocenters. The van der Waals surface area contributed by atoms with Gasteiger partial charge in [0.2, 0.25) is 0 Å². The molecule has 0 saturated heterocycles. The van der Waals surface area contributed by atoms with E-state index in [4.69, 9.17) is 5.73 Å². The molecule has 1 aromatic rings. The maximum absolute atomic E-state index is 11.2. The zero-order valence-corrected chi connectivity index (χ0v) is 8.82. The Balaban J connectivity index is 3.12. The van der Waals surface area contributed by atoms with E-state index in [2.05, 4.69) is 0 Å². The number of anilines is 1. The fourth-order valence-electron chi connectivity index (χ4n) is 1.49. The molecule has 0 fully saturated rings. The predicted octanol–water partition coefficient (Wildman–Crippen LogP) is 2.29. The lowest BCUT2D eigenvalue weighted by molar-refractivity contribution is 0.252. The van der Waals surface area contributed by atoms with Crippen molar-refractivity contribution < 1.29 is 4.79 Å². The van der Waals surface area contributed by atoms with Crippen molar-refractivity contribution >= 4 is 11.7 Å². The van der Waals surface area contributed by atoms with E-state index >= 15 is 0 Å². The molecular formula is C11H16N2O. The van der Waals surface area contributed by atoms with Crippen molar-refractivity contribution in [2.75, 3.05) is 4.90 Å². The lowest BCUT2D eigenvalue weighted by Gasteiger charge is -2.26. The monoisotopic (exact) mass is 192 g/mol. The van der Waals surface area contributed by atoms with Crippen molar-refractivity contribution in [2.45, 2.75) is 26.8 Å². The molecule has 0 aliphatic carbocycles. The molecule has 0 heterocycles. The average molecular weight is 192 g/mol. The maximum atomic E-state index is 11.2. The van der Waals surface area contributed by atoms with Crippen LogP contribution < -0.4 is 10.6 Å². The summed E-state index contributed by atoms with van der Waals surface area (Å²) in [7, 11) is 0. The van der Waals surface area contributed by atoms with Crippen LogP contribution in [0.2, 0.25) is 0 Å². The Hall–Kier alpha value is -1.51. The van der Waals surface area contributed by atoms with E-state index in [-0.39, 0.29) is 6.04 Å². The quantitative estimate of drug-likeness (QED) is 0.767. The van der Waals surface area contributed by atoms with Gasteiger partial charge in [0.05, 0.1) is 0 Å². The molecule has 2 amide bonds. The fraction of sp³-hybridized carbons (Fsp3) is 0.364. The van der Waals surface area contributed by atoms with E-state index in [1.54, 1.807) is 4.90 Å². The molecule has 2 N–H and O–H groups in total. The van der Waals surface area contributed by atoms with Crippen molar-refractivity contribution in [1.82, 2.24) is 0 Å². The Labute approximate surface area is 84.5 Å². The van der Waals surface area contributed by atoms with Crippen LogP contribution in [0.15, 0.2) is 24.3 Å². The molecule has 0 aliphatic heterocycles. The second kappa shape index (κ2) is 4.13. The first-order valence-corrected chi connectivity index (χ1v) is 4.68. The van der Waals surface area contributed by atoms with Gasteiger partial charge < -0.3 is 5.73 Å². The molecular weight excluding hydrogens is 176 g/mol. The Morgan fingerprint density at radius 1 is 1.36 bits per heavy atom. The molecule has 0 radical (unpaired) electrons. The number of carbonyl (C=O) groups excluding carboxylic acids is 1. The van der Waals surface area contributed by atoms with E-state index in [0.29, 0.717) is 0 Å². The van der Waals surface area contributed by atoms with Gasteiger partial charge in [-0.3, -0.25) is 4.90 Å². The maximum Gasteiger partial charge on any atom is 0.319 e. The summed E-state index contributed by atoms with van der Waals surface area (Å²) in [5, 5.41) is 0. The molecule has 76 valence electrons. The van der Waals surface area contributed by atoms with Crippen molar-refractivity contribution in [2.24, 2.45) is 5.73 Å². The van der Waals surface area contributed by atoms with Crippen molar-refractivity contribution in [3.05, 3.63) is 29.8 Å². The highest BCUT2D eigenvalue weighted by atomic mass is 16.2. The SMILES string of the molecule is Cc1ccccc1N(C(N)=O)C(C)C. The minimum atomic E-state index is -0.408. The van der Waals surface area contributed by atoms with Gasteiger partial charge in [-0.25, -0.2) is 4.79 Å². The summed E-state index contributed by atoms with van der Waals surface area (Å²) in [5.74, 6) is 0. The largest absolute Gasteiger partial charge is 0.351 e. The van der Waals surface area contributed by atoms with Gasteiger partial charge >= 0.3 is 6.03 Å². The van der Waals surface area contributed by atoms with E-state index in [9.17, 15) is 4.79 Å². The number of rotatable bonds is 2. The van der Waals surface area contributed by atoms with E-state index in [1.165, 1.54) is 0 Å². The number of carbonyl (C=O) groups is 1. The normalized spacial score (nSPS) is 10.3. The molecule has 1 aromatic carbocycles. The molecule has 0 aliphatic rings. The second-order valence-corrected chi connectivity index (χ2v) is 3.59. The number of nitrogens with two attached hydrogens (primary N) is 1. The zero-order chi connectivity index (χ0) is 10.7. The lowest BCUT2D eigenvalue weighted by atomic mass is 10.1. The van der Waals surface area contributed by atoms with Gasteiger partial charge in [0.15, 0.2) is 0 Å². The first-order valence-electron chi connectivity index (χ1n) is 4.68. The van der Waals surface area contributed by atoms with Crippen LogP contribution >= 0.6 is 0 Å². The highest BCUT2D eigenvalue weighted by molar-refractivity contribution is 5.91. The number of para-hydroxylation sites is 1. The third kappa shape index (κ3) is 2.05. The van der Waals surface area contributed by atoms with Crippen LogP contribution in [-0.2, 0) is 0 Å². The summed E-state index contributed by atoms with van der Waals surface area (Å²) in [6, 6.07) is 7.38. The highest BCUT2D eigenvalue weighted by Gasteiger charge is 2.16. The predicted molar refractivity (Wildman–Crippen MR) is 58.4 cm³/mol. The van der Waals surface area contributed by atoms with Crippen LogP contribution in [0.1, 0.15) is 19.4 Å². The number of primary amides is 1. The van der Waals surface area contributed by atoms with Gasteiger partial charge in [-0.2, -0.15) is 0 Å². The van der Waals surface area contributed by atoms with Crippen molar-refractivity contribution in [3.8, 4) is 0 Å². The van der Waals surface area contributed by atoms with Crippen molar-refractivity contribution in [1.29, 1.82) is 0 Å². The molecule has 0 atom stereocenters. The Kier molecular flexibility index (Phi) is 3.12. The smallest absolute Gasteiger partial charge is 0.319 e. The summed E-state index contributed by atoms with van der Waals surface area (Å²) in [4.78, 5) is 12.8. The number of nitrogens with zero attached hydrogens (tertiary/aromatic N) is 1. The topological polar surface area (TPSA) is 46.3 Å². The van der Waals surface area contributed by atoms with Crippen molar-refractivity contribution in [3.63, 3.8) is 0 Å². The van der Waals surface area contributed by atoms with Gasteiger partial charge in [0, 0.05) is 11.7 Å².